The van der Waals surface area contributed by atoms with Gasteiger partial charge in [0.05, 0.1) is 10.2 Å². The molecule has 0 bridgehead atoms. The summed E-state index contributed by atoms with van der Waals surface area (Å²) in [5.74, 6) is 0. The Morgan fingerprint density at radius 2 is 1.71 bits per heavy atom. The molecule has 0 radical (unpaired) electrons. The van der Waals surface area contributed by atoms with Crippen LogP contribution in [0, 0.1) is 0 Å². The summed E-state index contributed by atoms with van der Waals surface area (Å²) in [6.07, 6.45) is 4.29. The van der Waals surface area contributed by atoms with Crippen LogP contribution in [0.15, 0.2) is 73.1 Å². The molecule has 2 nitrogen and oxygen atoms in total. The third kappa shape index (κ3) is 2.48. The van der Waals surface area contributed by atoms with Gasteiger partial charge in [-0.1, -0.05) is 42.5 Å². The van der Waals surface area contributed by atoms with Crippen LogP contribution in [0.3, 0.4) is 0 Å². The van der Waals surface area contributed by atoms with Crippen LogP contribution in [-0.4, -0.2) is 9.55 Å². The molecule has 21 heavy (non-hydrogen) atoms. The van der Waals surface area contributed by atoms with Gasteiger partial charge in [0.25, 0.3) is 0 Å². The molecule has 0 saturated carbocycles. The minimum atomic E-state index is 0.895. The van der Waals surface area contributed by atoms with Crippen LogP contribution in [0.25, 0.3) is 20.8 Å². The van der Waals surface area contributed by atoms with Crippen molar-refractivity contribution in [3.63, 3.8) is 0 Å². The topological polar surface area (TPSA) is 17.8 Å². The third-order valence-electron chi connectivity index (χ3n) is 3.50. The molecule has 102 valence electrons. The quantitative estimate of drug-likeness (QED) is 0.529. The zero-order valence-electron chi connectivity index (χ0n) is 11.4. The lowest BCUT2D eigenvalue weighted by atomic mass is 10.2. The fraction of sp³-hybridized carbons (Fsp3) is 0.0556. The van der Waals surface area contributed by atoms with E-state index in [4.69, 9.17) is 4.98 Å². The van der Waals surface area contributed by atoms with Gasteiger partial charge in [0, 0.05) is 24.5 Å². The minimum absolute atomic E-state index is 0.895. The lowest BCUT2D eigenvalue weighted by Crippen LogP contribution is -1.95. The molecule has 0 N–H and O–H groups in total. The zero-order valence-corrected chi connectivity index (χ0v) is 12.3. The molecule has 0 spiro atoms. The van der Waals surface area contributed by atoms with Gasteiger partial charge >= 0.3 is 0 Å². The Bertz CT molecular complexity index is 841. The summed E-state index contributed by atoms with van der Waals surface area (Å²) < 4.78 is 3.44. The first-order chi connectivity index (χ1) is 10.4. The van der Waals surface area contributed by atoms with Crippen molar-refractivity contribution in [3.8, 4) is 10.6 Å². The van der Waals surface area contributed by atoms with E-state index in [2.05, 4.69) is 65.5 Å². The molecule has 0 saturated heterocycles. The number of nitrogens with zero attached hydrogens (tertiary/aromatic N) is 2. The van der Waals surface area contributed by atoms with Gasteiger partial charge in [0.2, 0.25) is 0 Å². The van der Waals surface area contributed by atoms with Crippen LogP contribution < -0.4 is 0 Å². The Kier molecular flexibility index (Phi) is 3.05. The van der Waals surface area contributed by atoms with Crippen LogP contribution in [0.2, 0.25) is 0 Å². The second-order valence-electron chi connectivity index (χ2n) is 5.04. The molecular formula is C18H14N2S. The second-order valence-corrected chi connectivity index (χ2v) is 6.08. The molecular weight excluding hydrogens is 276 g/mol. The number of hydrogen-bond acceptors (Lipinski definition) is 2. The molecule has 0 fully saturated rings. The number of fused-ring (bicyclic) bond motifs is 1. The molecule has 2 aromatic heterocycles. The summed E-state index contributed by atoms with van der Waals surface area (Å²) in [4.78, 5) is 4.71. The molecule has 4 aromatic rings. The van der Waals surface area contributed by atoms with Crippen molar-refractivity contribution >= 4 is 21.6 Å². The van der Waals surface area contributed by atoms with Crippen LogP contribution >= 0.6 is 11.3 Å². The smallest absolute Gasteiger partial charge is 0.126 e. The SMILES string of the molecule is c1ccc(Cn2ccc(-c3nc4ccccc4s3)c2)cc1. The molecule has 0 aliphatic carbocycles. The van der Waals surface area contributed by atoms with Gasteiger partial charge in [-0.15, -0.1) is 11.3 Å². The van der Waals surface area contributed by atoms with Gasteiger partial charge < -0.3 is 4.57 Å². The fourth-order valence-corrected chi connectivity index (χ4v) is 3.41. The van der Waals surface area contributed by atoms with E-state index >= 15 is 0 Å². The van der Waals surface area contributed by atoms with Crippen molar-refractivity contribution in [2.24, 2.45) is 0 Å². The molecule has 2 aromatic carbocycles. The Labute approximate surface area is 127 Å². The zero-order chi connectivity index (χ0) is 14.1. The van der Waals surface area contributed by atoms with Crippen molar-refractivity contribution in [1.29, 1.82) is 0 Å². The number of benzene rings is 2. The number of aromatic nitrogens is 2. The van der Waals surface area contributed by atoms with Crippen LogP contribution in [0.1, 0.15) is 5.56 Å². The number of para-hydroxylation sites is 1. The number of thiazole rings is 1. The van der Waals surface area contributed by atoms with Gasteiger partial charge in [0.1, 0.15) is 5.01 Å². The highest BCUT2D eigenvalue weighted by Crippen LogP contribution is 2.30. The van der Waals surface area contributed by atoms with E-state index < -0.39 is 0 Å². The summed E-state index contributed by atoms with van der Waals surface area (Å²) in [6, 6.07) is 20.9. The Balaban J connectivity index is 1.64. The standard InChI is InChI=1S/C18H14N2S/c1-2-6-14(7-3-1)12-20-11-10-15(13-20)18-19-16-8-4-5-9-17(16)21-18/h1-11,13H,12H2. The molecule has 0 aliphatic heterocycles. The van der Waals surface area contributed by atoms with Crippen LogP contribution in [0.4, 0.5) is 0 Å². The molecule has 2 heterocycles. The van der Waals surface area contributed by atoms with Crippen molar-refractivity contribution in [2.75, 3.05) is 0 Å². The van der Waals surface area contributed by atoms with Crippen LogP contribution in [-0.2, 0) is 6.54 Å². The highest BCUT2D eigenvalue weighted by atomic mass is 32.1. The fourth-order valence-electron chi connectivity index (χ4n) is 2.46. The van der Waals surface area contributed by atoms with Gasteiger partial charge in [-0.05, 0) is 23.8 Å². The molecule has 0 amide bonds. The lowest BCUT2D eigenvalue weighted by Gasteiger charge is -2.02. The van der Waals surface area contributed by atoms with Gasteiger partial charge in [-0.3, -0.25) is 0 Å². The maximum Gasteiger partial charge on any atom is 0.126 e. The van der Waals surface area contributed by atoms with E-state index in [1.807, 2.05) is 12.1 Å². The molecule has 4 rings (SSSR count). The maximum atomic E-state index is 4.71. The number of hydrogen-bond donors (Lipinski definition) is 0. The Morgan fingerprint density at radius 3 is 2.57 bits per heavy atom. The molecule has 0 atom stereocenters. The van der Waals surface area contributed by atoms with E-state index in [1.165, 1.54) is 15.8 Å². The van der Waals surface area contributed by atoms with E-state index in [1.54, 1.807) is 11.3 Å². The summed E-state index contributed by atoms with van der Waals surface area (Å²) in [5.41, 5.74) is 3.57. The first-order valence-corrected chi connectivity index (χ1v) is 7.76. The maximum absolute atomic E-state index is 4.71. The summed E-state index contributed by atoms with van der Waals surface area (Å²) in [7, 11) is 0. The van der Waals surface area contributed by atoms with Crippen molar-refractivity contribution in [3.05, 3.63) is 78.6 Å². The summed E-state index contributed by atoms with van der Waals surface area (Å²) in [6.45, 7) is 0.895. The average Bonchev–Trinajstić information content (AvgIpc) is 3.14. The molecule has 0 aliphatic rings. The Morgan fingerprint density at radius 1 is 0.905 bits per heavy atom. The van der Waals surface area contributed by atoms with Crippen molar-refractivity contribution in [2.45, 2.75) is 6.54 Å². The van der Waals surface area contributed by atoms with Gasteiger partial charge in [-0.2, -0.15) is 0 Å². The van der Waals surface area contributed by atoms with E-state index in [-0.39, 0.29) is 0 Å². The van der Waals surface area contributed by atoms with Gasteiger partial charge in [-0.25, -0.2) is 4.98 Å². The highest BCUT2D eigenvalue weighted by Gasteiger charge is 2.07. The average molecular weight is 290 g/mol. The van der Waals surface area contributed by atoms with Crippen LogP contribution in [0.5, 0.6) is 0 Å². The van der Waals surface area contributed by atoms with Gasteiger partial charge in [0.15, 0.2) is 0 Å². The molecule has 3 heteroatoms. The largest absolute Gasteiger partial charge is 0.349 e. The normalized spacial score (nSPS) is 11.0. The summed E-state index contributed by atoms with van der Waals surface area (Å²) >= 11 is 1.75. The Hall–Kier alpha value is -2.39. The van der Waals surface area contributed by atoms with E-state index in [0.717, 1.165) is 17.1 Å². The monoisotopic (exact) mass is 290 g/mol. The highest BCUT2D eigenvalue weighted by molar-refractivity contribution is 7.21. The second kappa shape index (κ2) is 5.19. The van der Waals surface area contributed by atoms with Crippen molar-refractivity contribution in [1.82, 2.24) is 9.55 Å². The number of rotatable bonds is 3. The predicted octanol–water partition coefficient (Wildman–Crippen LogP) is 4.81. The van der Waals surface area contributed by atoms with E-state index in [0.29, 0.717) is 0 Å². The minimum Gasteiger partial charge on any atom is -0.349 e. The summed E-state index contributed by atoms with van der Waals surface area (Å²) in [5, 5.41) is 1.09. The third-order valence-corrected chi connectivity index (χ3v) is 4.58. The predicted molar refractivity (Wildman–Crippen MR) is 88.6 cm³/mol. The lowest BCUT2D eigenvalue weighted by molar-refractivity contribution is 0.807. The van der Waals surface area contributed by atoms with Crippen molar-refractivity contribution < 1.29 is 0 Å². The first-order valence-electron chi connectivity index (χ1n) is 6.94. The first kappa shape index (κ1) is 12.4. The molecule has 0 unspecified atom stereocenters. The van der Waals surface area contributed by atoms with E-state index in [9.17, 15) is 0 Å².